The van der Waals surface area contributed by atoms with Gasteiger partial charge in [-0.2, -0.15) is 5.26 Å². The Labute approximate surface area is 66.9 Å². The van der Waals surface area contributed by atoms with E-state index in [1.54, 1.807) is 7.05 Å². The van der Waals surface area contributed by atoms with E-state index in [9.17, 15) is 4.79 Å². The summed E-state index contributed by atoms with van der Waals surface area (Å²) in [4.78, 5) is 12.4. The summed E-state index contributed by atoms with van der Waals surface area (Å²) in [7, 11) is 1.66. The number of amides is 1. The Hall–Kier alpha value is -1.30. The van der Waals surface area contributed by atoms with Crippen LogP contribution in [0.1, 0.15) is 13.3 Å². The fourth-order valence-electron chi connectivity index (χ4n) is 0.630. The third-order valence-corrected chi connectivity index (χ3v) is 1.57. The van der Waals surface area contributed by atoms with Gasteiger partial charge >= 0.3 is 0 Å². The van der Waals surface area contributed by atoms with Crippen LogP contribution in [0.2, 0.25) is 0 Å². The summed E-state index contributed by atoms with van der Waals surface area (Å²) in [5, 5.41) is 8.33. The highest BCUT2D eigenvalue weighted by Gasteiger charge is 2.11. The number of carbonyl (C=O) groups is 1. The van der Waals surface area contributed by atoms with Crippen molar-refractivity contribution in [1.29, 1.82) is 5.26 Å². The van der Waals surface area contributed by atoms with E-state index in [4.69, 9.17) is 5.26 Å². The Morgan fingerprint density at radius 2 is 2.45 bits per heavy atom. The van der Waals surface area contributed by atoms with Gasteiger partial charge in [0.2, 0.25) is 5.91 Å². The second-order valence-corrected chi connectivity index (χ2v) is 2.36. The molecule has 0 aliphatic carbocycles. The lowest BCUT2D eigenvalue weighted by atomic mass is 10.2. The summed E-state index contributed by atoms with van der Waals surface area (Å²) in [6.45, 7) is 5.17. The molecule has 0 spiro atoms. The molecule has 0 saturated carbocycles. The van der Waals surface area contributed by atoms with Crippen LogP contribution in [0, 0.1) is 11.3 Å². The number of carbonyl (C=O) groups excluding carboxylic acids is 1. The minimum atomic E-state index is -0.146. The predicted molar refractivity (Wildman–Crippen MR) is 42.7 cm³/mol. The molecular weight excluding hydrogens is 140 g/mol. The third kappa shape index (κ3) is 2.85. The second-order valence-electron chi connectivity index (χ2n) is 2.36. The Balaban J connectivity index is 4.02. The van der Waals surface area contributed by atoms with Crippen LogP contribution in [0.3, 0.4) is 0 Å². The average Bonchev–Trinajstić information content (AvgIpc) is 2.02. The van der Waals surface area contributed by atoms with Crippen molar-refractivity contribution in [3.63, 3.8) is 0 Å². The van der Waals surface area contributed by atoms with E-state index >= 15 is 0 Å². The van der Waals surface area contributed by atoms with Crippen molar-refractivity contribution in [1.82, 2.24) is 4.90 Å². The first-order valence-electron chi connectivity index (χ1n) is 3.39. The molecule has 1 unspecified atom stereocenters. The first-order valence-corrected chi connectivity index (χ1v) is 3.39. The lowest BCUT2D eigenvalue weighted by Crippen LogP contribution is -2.33. The zero-order chi connectivity index (χ0) is 8.85. The number of likely N-dealkylation sites (N-methyl/N-ethyl adjacent to an activating group) is 1. The van der Waals surface area contributed by atoms with Crippen LogP contribution in [-0.2, 0) is 4.79 Å². The molecule has 0 aliphatic heterocycles. The summed E-state index contributed by atoms with van der Waals surface area (Å²) >= 11 is 0. The lowest BCUT2D eigenvalue weighted by Gasteiger charge is -2.20. The topological polar surface area (TPSA) is 44.1 Å². The van der Waals surface area contributed by atoms with Crippen LogP contribution in [0.4, 0.5) is 0 Å². The van der Waals surface area contributed by atoms with Gasteiger partial charge in [-0.05, 0) is 13.0 Å². The van der Waals surface area contributed by atoms with Crippen LogP contribution in [-0.4, -0.2) is 23.9 Å². The number of nitriles is 1. The molecule has 0 aliphatic rings. The number of hydrogen-bond donors (Lipinski definition) is 0. The molecule has 0 N–H and O–H groups in total. The minimum Gasteiger partial charge on any atom is -0.339 e. The van der Waals surface area contributed by atoms with E-state index in [2.05, 4.69) is 6.58 Å². The molecule has 0 aromatic heterocycles. The van der Waals surface area contributed by atoms with E-state index in [1.807, 2.05) is 13.0 Å². The predicted octanol–water partition coefficient (Wildman–Crippen LogP) is 0.933. The van der Waals surface area contributed by atoms with Crippen molar-refractivity contribution in [3.8, 4) is 6.07 Å². The lowest BCUT2D eigenvalue weighted by molar-refractivity contribution is -0.126. The van der Waals surface area contributed by atoms with Gasteiger partial charge in [0.05, 0.1) is 12.5 Å². The smallest absolute Gasteiger partial charge is 0.245 e. The number of nitrogens with zero attached hydrogens (tertiary/aromatic N) is 2. The molecule has 0 saturated heterocycles. The monoisotopic (exact) mass is 152 g/mol. The summed E-state index contributed by atoms with van der Waals surface area (Å²) in [6, 6.07) is 1.96. The zero-order valence-electron chi connectivity index (χ0n) is 6.87. The van der Waals surface area contributed by atoms with Gasteiger partial charge in [-0.1, -0.05) is 6.58 Å². The van der Waals surface area contributed by atoms with E-state index in [1.165, 1.54) is 11.0 Å². The first kappa shape index (κ1) is 9.70. The van der Waals surface area contributed by atoms with Gasteiger partial charge in [-0.3, -0.25) is 4.79 Å². The zero-order valence-corrected chi connectivity index (χ0v) is 6.87. The molecule has 0 fully saturated rings. The molecule has 11 heavy (non-hydrogen) atoms. The van der Waals surface area contributed by atoms with Crippen LogP contribution >= 0.6 is 0 Å². The van der Waals surface area contributed by atoms with Crippen molar-refractivity contribution in [3.05, 3.63) is 12.7 Å². The quantitative estimate of drug-likeness (QED) is 0.565. The van der Waals surface area contributed by atoms with E-state index < -0.39 is 0 Å². The maximum atomic E-state index is 10.9. The summed E-state index contributed by atoms with van der Waals surface area (Å²) in [5.41, 5.74) is 0. The third-order valence-electron chi connectivity index (χ3n) is 1.57. The van der Waals surface area contributed by atoms with Gasteiger partial charge < -0.3 is 4.90 Å². The van der Waals surface area contributed by atoms with Crippen molar-refractivity contribution < 1.29 is 4.79 Å². The first-order chi connectivity index (χ1) is 5.13. The maximum Gasteiger partial charge on any atom is 0.245 e. The standard InChI is InChI=1S/C8H12N2O/c1-4-8(11)10(3)7(2)5-6-9/h4,7H,1,5H2,2-3H3. The highest BCUT2D eigenvalue weighted by Crippen LogP contribution is 1.99. The van der Waals surface area contributed by atoms with E-state index in [-0.39, 0.29) is 11.9 Å². The molecular formula is C8H12N2O. The maximum absolute atomic E-state index is 10.9. The SMILES string of the molecule is C=CC(=O)N(C)C(C)CC#N. The van der Waals surface area contributed by atoms with Gasteiger partial charge in [0.1, 0.15) is 0 Å². The van der Waals surface area contributed by atoms with Crippen molar-refractivity contribution in [2.75, 3.05) is 7.05 Å². The van der Waals surface area contributed by atoms with Crippen molar-refractivity contribution in [2.24, 2.45) is 0 Å². The molecule has 0 radical (unpaired) electrons. The largest absolute Gasteiger partial charge is 0.339 e. The normalized spacial score (nSPS) is 11.4. The van der Waals surface area contributed by atoms with Gasteiger partial charge in [-0.25, -0.2) is 0 Å². The molecule has 0 bridgehead atoms. The molecule has 3 nitrogen and oxygen atoms in total. The Kier molecular flexibility index (Phi) is 3.97. The van der Waals surface area contributed by atoms with Gasteiger partial charge in [0.25, 0.3) is 0 Å². The number of rotatable bonds is 3. The van der Waals surface area contributed by atoms with Gasteiger partial charge in [0, 0.05) is 13.1 Å². The summed E-state index contributed by atoms with van der Waals surface area (Å²) < 4.78 is 0. The Morgan fingerprint density at radius 1 is 1.91 bits per heavy atom. The van der Waals surface area contributed by atoms with Crippen molar-refractivity contribution >= 4 is 5.91 Å². The number of hydrogen-bond acceptors (Lipinski definition) is 2. The van der Waals surface area contributed by atoms with Crippen LogP contribution in [0.25, 0.3) is 0 Å². The molecule has 1 atom stereocenters. The average molecular weight is 152 g/mol. The van der Waals surface area contributed by atoms with Crippen molar-refractivity contribution in [2.45, 2.75) is 19.4 Å². The van der Waals surface area contributed by atoms with Crippen LogP contribution in [0.5, 0.6) is 0 Å². The molecule has 60 valence electrons. The molecule has 0 aromatic rings. The summed E-state index contributed by atoms with van der Waals surface area (Å²) in [5.74, 6) is -0.146. The minimum absolute atomic E-state index is 0.0366. The van der Waals surface area contributed by atoms with Crippen LogP contribution in [0.15, 0.2) is 12.7 Å². The summed E-state index contributed by atoms with van der Waals surface area (Å²) in [6.07, 6.45) is 1.60. The van der Waals surface area contributed by atoms with E-state index in [0.29, 0.717) is 6.42 Å². The molecule has 1 amide bonds. The molecule has 3 heteroatoms. The highest BCUT2D eigenvalue weighted by atomic mass is 16.2. The molecule has 0 rings (SSSR count). The Bertz CT molecular complexity index is 193. The van der Waals surface area contributed by atoms with E-state index in [0.717, 1.165) is 0 Å². The fraction of sp³-hybridized carbons (Fsp3) is 0.500. The fourth-order valence-corrected chi connectivity index (χ4v) is 0.630. The molecule has 0 aromatic carbocycles. The second kappa shape index (κ2) is 4.51. The van der Waals surface area contributed by atoms with Gasteiger partial charge in [-0.15, -0.1) is 0 Å². The Morgan fingerprint density at radius 3 is 2.82 bits per heavy atom. The van der Waals surface area contributed by atoms with Gasteiger partial charge in [0.15, 0.2) is 0 Å². The van der Waals surface area contributed by atoms with Crippen LogP contribution < -0.4 is 0 Å². The highest BCUT2D eigenvalue weighted by molar-refractivity contribution is 5.86. The molecule has 0 heterocycles.